The first kappa shape index (κ1) is 14.5. The third-order valence-corrected chi connectivity index (χ3v) is 3.28. The average Bonchev–Trinajstić information content (AvgIpc) is 2.31. The molecule has 5 heteroatoms. The molecular weight excluding hydrogens is 274 g/mol. The van der Waals surface area contributed by atoms with Crippen molar-refractivity contribution in [2.45, 2.75) is 27.7 Å². The zero-order chi connectivity index (χ0) is 14.9. The van der Waals surface area contributed by atoms with Crippen LogP contribution in [0.4, 0.5) is 5.69 Å². The van der Waals surface area contributed by atoms with E-state index < -0.39 is 0 Å². The van der Waals surface area contributed by atoms with Crippen LogP contribution in [0.15, 0.2) is 18.2 Å². The molecule has 0 bridgehead atoms. The van der Waals surface area contributed by atoms with Crippen molar-refractivity contribution < 1.29 is 4.79 Å². The number of rotatable bonds is 2. The van der Waals surface area contributed by atoms with E-state index in [1.165, 1.54) is 0 Å². The molecule has 0 spiro atoms. The van der Waals surface area contributed by atoms with Crippen molar-refractivity contribution in [3.8, 4) is 0 Å². The van der Waals surface area contributed by atoms with Gasteiger partial charge in [-0.05, 0) is 51.5 Å². The lowest BCUT2D eigenvalue weighted by molar-refractivity contribution is 0.102. The van der Waals surface area contributed by atoms with Gasteiger partial charge in [0.15, 0.2) is 0 Å². The molecule has 1 aromatic carbocycles. The molecule has 2 aromatic rings. The Balaban J connectivity index is 2.33. The minimum atomic E-state index is -0.203. The van der Waals surface area contributed by atoms with Crippen molar-refractivity contribution in [2.24, 2.45) is 0 Å². The van der Waals surface area contributed by atoms with Gasteiger partial charge in [0.05, 0.1) is 17.0 Å². The van der Waals surface area contributed by atoms with E-state index in [1.807, 2.05) is 33.8 Å². The molecule has 1 amide bonds. The number of carbonyl (C=O) groups excluding carboxylic acids is 1. The highest BCUT2D eigenvalue weighted by Crippen LogP contribution is 2.21. The number of nitrogens with zero attached hydrogens (tertiary/aromatic N) is 2. The van der Waals surface area contributed by atoms with E-state index in [0.717, 1.165) is 11.3 Å². The van der Waals surface area contributed by atoms with Gasteiger partial charge in [0.25, 0.3) is 5.91 Å². The van der Waals surface area contributed by atoms with Crippen LogP contribution in [0.3, 0.4) is 0 Å². The summed E-state index contributed by atoms with van der Waals surface area (Å²) in [6, 6.07) is 5.34. The van der Waals surface area contributed by atoms with E-state index in [1.54, 1.807) is 12.1 Å². The molecule has 0 atom stereocenters. The predicted molar refractivity (Wildman–Crippen MR) is 80.4 cm³/mol. The number of benzene rings is 1. The molecular formula is C15H16ClN3O. The second kappa shape index (κ2) is 5.59. The summed E-state index contributed by atoms with van der Waals surface area (Å²) in [5.41, 5.74) is 3.52. The summed E-state index contributed by atoms with van der Waals surface area (Å²) in [5, 5.41) is 3.52. The third kappa shape index (κ3) is 2.96. The van der Waals surface area contributed by atoms with Gasteiger partial charge in [-0.25, -0.2) is 9.97 Å². The Labute approximate surface area is 123 Å². The van der Waals surface area contributed by atoms with Crippen LogP contribution >= 0.6 is 11.6 Å². The Kier molecular flexibility index (Phi) is 4.04. The smallest absolute Gasteiger partial charge is 0.259 e. The van der Waals surface area contributed by atoms with E-state index in [0.29, 0.717) is 27.8 Å². The zero-order valence-electron chi connectivity index (χ0n) is 11.9. The summed E-state index contributed by atoms with van der Waals surface area (Å²) < 4.78 is 0. The fourth-order valence-electron chi connectivity index (χ4n) is 2.16. The Hall–Kier alpha value is -1.94. The van der Waals surface area contributed by atoms with Gasteiger partial charge in [-0.1, -0.05) is 11.6 Å². The Morgan fingerprint density at radius 3 is 2.25 bits per heavy atom. The maximum Gasteiger partial charge on any atom is 0.259 e. The monoisotopic (exact) mass is 289 g/mol. The number of hydrogen-bond donors (Lipinski definition) is 1. The van der Waals surface area contributed by atoms with Crippen molar-refractivity contribution in [1.29, 1.82) is 0 Å². The summed E-state index contributed by atoms with van der Waals surface area (Å²) in [6.45, 7) is 7.33. The summed E-state index contributed by atoms with van der Waals surface area (Å²) in [5.74, 6) is 0.463. The molecule has 1 heterocycles. The highest BCUT2D eigenvalue weighted by atomic mass is 35.5. The molecule has 0 saturated carbocycles. The first-order valence-corrected chi connectivity index (χ1v) is 6.65. The first-order valence-electron chi connectivity index (χ1n) is 6.28. The second-order valence-corrected chi connectivity index (χ2v) is 5.17. The number of amides is 1. The van der Waals surface area contributed by atoms with Gasteiger partial charge in [-0.2, -0.15) is 0 Å². The van der Waals surface area contributed by atoms with Gasteiger partial charge in [-0.3, -0.25) is 4.79 Å². The lowest BCUT2D eigenvalue weighted by Gasteiger charge is -2.12. The van der Waals surface area contributed by atoms with E-state index >= 15 is 0 Å². The van der Waals surface area contributed by atoms with Crippen LogP contribution in [-0.4, -0.2) is 15.9 Å². The number of hydrogen-bond acceptors (Lipinski definition) is 3. The summed E-state index contributed by atoms with van der Waals surface area (Å²) >= 11 is 5.91. The SMILES string of the molecule is Cc1nc(C)c(C(=O)Nc2ccc(Cl)cc2C)c(C)n1. The molecule has 1 N–H and O–H groups in total. The minimum Gasteiger partial charge on any atom is -0.322 e. The van der Waals surface area contributed by atoms with Crippen molar-refractivity contribution in [3.63, 3.8) is 0 Å². The molecule has 20 heavy (non-hydrogen) atoms. The number of anilines is 1. The maximum absolute atomic E-state index is 12.4. The topological polar surface area (TPSA) is 54.9 Å². The number of nitrogens with one attached hydrogen (secondary N) is 1. The van der Waals surface area contributed by atoms with Crippen molar-refractivity contribution in [2.75, 3.05) is 5.32 Å². The van der Waals surface area contributed by atoms with Crippen LogP contribution in [0, 0.1) is 27.7 Å². The van der Waals surface area contributed by atoms with E-state index in [2.05, 4.69) is 15.3 Å². The van der Waals surface area contributed by atoms with E-state index in [4.69, 9.17) is 11.6 Å². The number of aryl methyl sites for hydroxylation is 4. The summed E-state index contributed by atoms with van der Waals surface area (Å²) in [4.78, 5) is 20.9. The van der Waals surface area contributed by atoms with E-state index in [9.17, 15) is 4.79 Å². The molecule has 0 saturated heterocycles. The third-order valence-electron chi connectivity index (χ3n) is 3.05. The van der Waals surface area contributed by atoms with Crippen LogP contribution in [-0.2, 0) is 0 Å². The lowest BCUT2D eigenvalue weighted by atomic mass is 10.1. The zero-order valence-corrected chi connectivity index (χ0v) is 12.7. The number of halogens is 1. The molecule has 104 valence electrons. The molecule has 0 aliphatic heterocycles. The molecule has 2 rings (SSSR count). The maximum atomic E-state index is 12.4. The Morgan fingerprint density at radius 2 is 1.70 bits per heavy atom. The lowest BCUT2D eigenvalue weighted by Crippen LogP contribution is -2.18. The number of carbonyl (C=O) groups is 1. The molecule has 0 unspecified atom stereocenters. The molecule has 0 fully saturated rings. The summed E-state index contributed by atoms with van der Waals surface area (Å²) in [6.07, 6.45) is 0. The fraction of sp³-hybridized carbons (Fsp3) is 0.267. The van der Waals surface area contributed by atoms with Crippen molar-refractivity contribution in [3.05, 3.63) is 51.6 Å². The Morgan fingerprint density at radius 1 is 1.10 bits per heavy atom. The van der Waals surface area contributed by atoms with Crippen LogP contribution in [0.25, 0.3) is 0 Å². The van der Waals surface area contributed by atoms with Gasteiger partial charge in [-0.15, -0.1) is 0 Å². The molecule has 0 aliphatic carbocycles. The van der Waals surface area contributed by atoms with Crippen LogP contribution in [0.5, 0.6) is 0 Å². The van der Waals surface area contributed by atoms with E-state index in [-0.39, 0.29) is 5.91 Å². The molecule has 4 nitrogen and oxygen atoms in total. The van der Waals surface area contributed by atoms with Crippen molar-refractivity contribution in [1.82, 2.24) is 9.97 Å². The second-order valence-electron chi connectivity index (χ2n) is 4.73. The summed E-state index contributed by atoms with van der Waals surface area (Å²) in [7, 11) is 0. The average molecular weight is 290 g/mol. The molecule has 1 aromatic heterocycles. The first-order chi connectivity index (χ1) is 9.38. The molecule has 0 radical (unpaired) electrons. The van der Waals surface area contributed by atoms with Crippen LogP contribution in [0.1, 0.15) is 33.1 Å². The number of aromatic nitrogens is 2. The van der Waals surface area contributed by atoms with Gasteiger partial charge in [0.2, 0.25) is 0 Å². The molecule has 0 aliphatic rings. The predicted octanol–water partition coefficient (Wildman–Crippen LogP) is 3.62. The van der Waals surface area contributed by atoms with Crippen LogP contribution in [0.2, 0.25) is 5.02 Å². The standard InChI is InChI=1S/C15H16ClN3O/c1-8-7-12(16)5-6-13(8)19-15(20)14-9(2)17-11(4)18-10(14)3/h5-7H,1-4H3,(H,19,20). The highest BCUT2D eigenvalue weighted by molar-refractivity contribution is 6.30. The van der Waals surface area contributed by atoms with Gasteiger partial charge >= 0.3 is 0 Å². The normalized spacial score (nSPS) is 10.4. The largest absolute Gasteiger partial charge is 0.322 e. The Bertz CT molecular complexity index is 660. The highest BCUT2D eigenvalue weighted by Gasteiger charge is 2.16. The van der Waals surface area contributed by atoms with Gasteiger partial charge in [0, 0.05) is 10.7 Å². The van der Waals surface area contributed by atoms with Crippen molar-refractivity contribution >= 4 is 23.2 Å². The van der Waals surface area contributed by atoms with Gasteiger partial charge < -0.3 is 5.32 Å². The minimum absolute atomic E-state index is 0.203. The fourth-order valence-corrected chi connectivity index (χ4v) is 2.39. The quantitative estimate of drug-likeness (QED) is 0.919. The van der Waals surface area contributed by atoms with Gasteiger partial charge in [0.1, 0.15) is 5.82 Å². The van der Waals surface area contributed by atoms with Crippen LogP contribution < -0.4 is 5.32 Å².